The van der Waals surface area contributed by atoms with Crippen molar-refractivity contribution in [3.05, 3.63) is 93.7 Å². The Morgan fingerprint density at radius 2 is 1.81 bits per heavy atom. The SMILES string of the molecule is Cc1cc(OC(=O)c2cccc(Cl)c2)cc2c1C(=O)/C(=C/c1ccc(N(C)C)cc1)O2. The summed E-state index contributed by atoms with van der Waals surface area (Å²) in [4.78, 5) is 27.3. The Morgan fingerprint density at radius 3 is 2.48 bits per heavy atom. The molecule has 1 heterocycles. The number of esters is 1. The Bertz CT molecular complexity index is 1210. The van der Waals surface area contributed by atoms with Crippen LogP contribution in [0.15, 0.2) is 66.4 Å². The molecule has 0 bridgehead atoms. The van der Waals surface area contributed by atoms with E-state index in [0.717, 1.165) is 11.3 Å². The second-order valence-corrected chi connectivity index (χ2v) is 7.88. The van der Waals surface area contributed by atoms with E-state index < -0.39 is 5.97 Å². The lowest BCUT2D eigenvalue weighted by Crippen LogP contribution is -2.08. The summed E-state index contributed by atoms with van der Waals surface area (Å²) in [5.74, 6) is 0.162. The van der Waals surface area contributed by atoms with E-state index in [1.165, 1.54) is 6.07 Å². The van der Waals surface area contributed by atoms with Gasteiger partial charge in [0.15, 0.2) is 5.76 Å². The van der Waals surface area contributed by atoms with Crippen molar-refractivity contribution in [1.82, 2.24) is 0 Å². The summed E-state index contributed by atoms with van der Waals surface area (Å²) in [7, 11) is 3.93. The number of carbonyl (C=O) groups excluding carboxylic acids is 2. The molecule has 0 unspecified atom stereocenters. The molecule has 0 amide bonds. The van der Waals surface area contributed by atoms with Crippen LogP contribution in [0, 0.1) is 6.92 Å². The molecule has 0 saturated carbocycles. The molecule has 156 valence electrons. The Morgan fingerprint density at radius 1 is 1.06 bits per heavy atom. The van der Waals surface area contributed by atoms with Crippen LogP contribution in [0.4, 0.5) is 5.69 Å². The molecule has 1 aliphatic rings. The summed E-state index contributed by atoms with van der Waals surface area (Å²) >= 11 is 5.94. The number of allylic oxidation sites excluding steroid dienone is 1. The number of anilines is 1. The van der Waals surface area contributed by atoms with Gasteiger partial charge in [-0.25, -0.2) is 4.79 Å². The lowest BCUT2D eigenvalue weighted by Gasteiger charge is -2.11. The molecule has 0 aliphatic carbocycles. The van der Waals surface area contributed by atoms with Gasteiger partial charge in [0, 0.05) is 30.9 Å². The number of fused-ring (bicyclic) bond motifs is 1. The Labute approximate surface area is 185 Å². The molecule has 31 heavy (non-hydrogen) atoms. The molecule has 0 aromatic heterocycles. The first-order chi connectivity index (χ1) is 14.8. The van der Waals surface area contributed by atoms with Gasteiger partial charge in [-0.1, -0.05) is 29.8 Å². The number of benzene rings is 3. The zero-order chi connectivity index (χ0) is 22.1. The number of halogens is 1. The molecule has 0 N–H and O–H groups in total. The highest BCUT2D eigenvalue weighted by molar-refractivity contribution is 6.30. The molecule has 0 fully saturated rings. The third-order valence-electron chi connectivity index (χ3n) is 4.92. The van der Waals surface area contributed by atoms with Gasteiger partial charge in [0.05, 0.1) is 11.1 Å². The van der Waals surface area contributed by atoms with Gasteiger partial charge in [0.1, 0.15) is 11.5 Å². The molecule has 0 saturated heterocycles. The summed E-state index contributed by atoms with van der Waals surface area (Å²) in [5.41, 5.74) is 3.39. The average Bonchev–Trinajstić information content (AvgIpc) is 3.04. The number of rotatable bonds is 4. The first kappa shape index (κ1) is 20.7. The van der Waals surface area contributed by atoms with E-state index in [1.807, 2.05) is 43.3 Å². The van der Waals surface area contributed by atoms with Gasteiger partial charge in [-0.15, -0.1) is 0 Å². The van der Waals surface area contributed by atoms with Gasteiger partial charge in [-0.05, 0) is 60.5 Å². The highest BCUT2D eigenvalue weighted by Crippen LogP contribution is 2.37. The maximum Gasteiger partial charge on any atom is 0.343 e. The number of aryl methyl sites for hydroxylation is 1. The largest absolute Gasteiger partial charge is 0.452 e. The fourth-order valence-corrected chi connectivity index (χ4v) is 3.53. The Hall–Kier alpha value is -3.57. The molecular weight excluding hydrogens is 414 g/mol. The topological polar surface area (TPSA) is 55.8 Å². The number of carbonyl (C=O) groups is 2. The summed E-state index contributed by atoms with van der Waals surface area (Å²) in [6.07, 6.45) is 1.71. The van der Waals surface area contributed by atoms with Crippen molar-refractivity contribution in [3.8, 4) is 11.5 Å². The van der Waals surface area contributed by atoms with Crippen LogP contribution in [0.25, 0.3) is 6.08 Å². The van der Waals surface area contributed by atoms with Crippen molar-refractivity contribution < 1.29 is 19.1 Å². The van der Waals surface area contributed by atoms with Crippen molar-refractivity contribution in [2.24, 2.45) is 0 Å². The number of nitrogens with zero attached hydrogens (tertiary/aromatic N) is 1. The van der Waals surface area contributed by atoms with E-state index in [4.69, 9.17) is 21.1 Å². The third kappa shape index (κ3) is 4.32. The molecule has 0 atom stereocenters. The second kappa shape index (κ2) is 8.28. The van der Waals surface area contributed by atoms with Crippen LogP contribution in [-0.2, 0) is 0 Å². The highest BCUT2D eigenvalue weighted by atomic mass is 35.5. The number of hydrogen-bond acceptors (Lipinski definition) is 5. The maximum absolute atomic E-state index is 12.9. The van der Waals surface area contributed by atoms with Gasteiger partial charge >= 0.3 is 5.97 Å². The molecule has 5 nitrogen and oxygen atoms in total. The molecule has 1 aliphatic heterocycles. The molecule has 3 aromatic carbocycles. The normalized spacial score (nSPS) is 13.7. The lowest BCUT2D eigenvalue weighted by atomic mass is 10.0. The fraction of sp³-hybridized carbons (Fsp3) is 0.120. The van der Waals surface area contributed by atoms with E-state index in [9.17, 15) is 9.59 Å². The lowest BCUT2D eigenvalue weighted by molar-refractivity contribution is 0.0734. The number of Topliss-reactive ketones (excluding diaryl/α,β-unsaturated/α-hetero) is 1. The Kier molecular flexibility index (Phi) is 5.53. The molecule has 4 rings (SSSR count). The quantitative estimate of drug-likeness (QED) is 0.307. The molecular formula is C25H20ClNO4. The van der Waals surface area contributed by atoms with Crippen LogP contribution < -0.4 is 14.4 Å². The van der Waals surface area contributed by atoms with Crippen LogP contribution in [0.3, 0.4) is 0 Å². The van der Waals surface area contributed by atoms with Crippen molar-refractivity contribution >= 4 is 35.1 Å². The zero-order valence-corrected chi connectivity index (χ0v) is 18.1. The van der Waals surface area contributed by atoms with Gasteiger partial charge in [0.25, 0.3) is 0 Å². The van der Waals surface area contributed by atoms with Crippen molar-refractivity contribution in [3.63, 3.8) is 0 Å². The van der Waals surface area contributed by atoms with Crippen LogP contribution in [0.2, 0.25) is 5.02 Å². The van der Waals surface area contributed by atoms with E-state index in [1.54, 1.807) is 43.3 Å². The number of ketones is 1. The van der Waals surface area contributed by atoms with Gasteiger partial charge in [-0.2, -0.15) is 0 Å². The maximum atomic E-state index is 12.9. The minimum atomic E-state index is -0.539. The second-order valence-electron chi connectivity index (χ2n) is 7.44. The van der Waals surface area contributed by atoms with Crippen LogP contribution in [-0.4, -0.2) is 25.8 Å². The predicted octanol–water partition coefficient (Wildman–Crippen LogP) is 5.55. The molecule has 6 heteroatoms. The summed E-state index contributed by atoms with van der Waals surface area (Å²) in [6, 6.07) is 17.5. The Balaban J connectivity index is 1.58. The monoisotopic (exact) mass is 433 g/mol. The number of ether oxygens (including phenoxy) is 2. The average molecular weight is 434 g/mol. The van der Waals surface area contributed by atoms with Gasteiger partial charge in [-0.3, -0.25) is 4.79 Å². The fourth-order valence-electron chi connectivity index (χ4n) is 3.34. The summed E-state index contributed by atoms with van der Waals surface area (Å²) in [5, 5.41) is 0.446. The van der Waals surface area contributed by atoms with E-state index in [2.05, 4.69) is 0 Å². The van der Waals surface area contributed by atoms with Crippen molar-refractivity contribution in [2.75, 3.05) is 19.0 Å². The first-order valence-corrected chi connectivity index (χ1v) is 10.0. The minimum absolute atomic E-state index is 0.197. The van der Waals surface area contributed by atoms with Crippen molar-refractivity contribution in [2.45, 2.75) is 6.92 Å². The van der Waals surface area contributed by atoms with E-state index in [-0.39, 0.29) is 11.5 Å². The first-order valence-electron chi connectivity index (χ1n) is 9.66. The van der Waals surface area contributed by atoms with Crippen LogP contribution in [0.5, 0.6) is 11.5 Å². The van der Waals surface area contributed by atoms with E-state index in [0.29, 0.717) is 33.2 Å². The van der Waals surface area contributed by atoms with Crippen LogP contribution >= 0.6 is 11.6 Å². The third-order valence-corrected chi connectivity index (χ3v) is 5.16. The minimum Gasteiger partial charge on any atom is -0.452 e. The highest BCUT2D eigenvalue weighted by Gasteiger charge is 2.30. The standard InChI is InChI=1S/C25H20ClNO4/c1-15-11-20(30-25(29)17-5-4-6-18(26)13-17)14-21-23(15)24(28)22(31-21)12-16-7-9-19(10-8-16)27(2)3/h4-14H,1-3H3/b22-12-. The van der Waals surface area contributed by atoms with E-state index >= 15 is 0 Å². The van der Waals surface area contributed by atoms with Gasteiger partial charge in [0.2, 0.25) is 5.78 Å². The molecule has 3 aromatic rings. The van der Waals surface area contributed by atoms with Crippen LogP contribution in [0.1, 0.15) is 31.8 Å². The zero-order valence-electron chi connectivity index (χ0n) is 17.3. The van der Waals surface area contributed by atoms with Crippen molar-refractivity contribution in [1.29, 1.82) is 0 Å². The smallest absolute Gasteiger partial charge is 0.343 e. The predicted molar refractivity (Wildman–Crippen MR) is 121 cm³/mol. The number of hydrogen-bond donors (Lipinski definition) is 0. The summed E-state index contributed by atoms with van der Waals surface area (Å²) in [6.45, 7) is 1.78. The molecule has 0 radical (unpaired) electrons. The van der Waals surface area contributed by atoms with Gasteiger partial charge < -0.3 is 14.4 Å². The summed E-state index contributed by atoms with van der Waals surface area (Å²) < 4.78 is 11.3. The molecule has 0 spiro atoms.